The van der Waals surface area contributed by atoms with Crippen LogP contribution in [0.4, 0.5) is 5.69 Å². The lowest BCUT2D eigenvalue weighted by molar-refractivity contribution is 0.348. The summed E-state index contributed by atoms with van der Waals surface area (Å²) < 4.78 is 26.9. The molecule has 0 saturated carbocycles. The first-order valence-corrected chi connectivity index (χ1v) is 8.12. The molecule has 0 saturated heterocycles. The fraction of sp³-hybridized carbons (Fsp3) is 0.267. The number of nitrogens with two attached hydrogens (primary N) is 1. The largest absolute Gasteiger partial charge is 0.398 e. The molecule has 0 radical (unpaired) electrons. The van der Waals surface area contributed by atoms with Gasteiger partial charge < -0.3 is 5.73 Å². The maximum absolute atomic E-state index is 12.7. The summed E-state index contributed by atoms with van der Waals surface area (Å²) in [7, 11) is -3.60. The van der Waals surface area contributed by atoms with Crippen molar-refractivity contribution >= 4 is 15.7 Å². The van der Waals surface area contributed by atoms with Gasteiger partial charge in [-0.3, -0.25) is 4.98 Å². The Kier molecular flexibility index (Phi) is 4.59. The van der Waals surface area contributed by atoms with Gasteiger partial charge in [0.25, 0.3) is 0 Å². The Balaban J connectivity index is 2.39. The summed E-state index contributed by atoms with van der Waals surface area (Å²) in [6.45, 7) is 3.92. The number of rotatable bonds is 5. The first kappa shape index (κ1) is 15.5. The first-order valence-electron chi connectivity index (χ1n) is 6.68. The summed E-state index contributed by atoms with van der Waals surface area (Å²) in [6, 6.07) is 10.3. The van der Waals surface area contributed by atoms with Crippen LogP contribution in [0, 0.1) is 0 Å². The van der Waals surface area contributed by atoms with Crippen molar-refractivity contribution in [2.45, 2.75) is 31.3 Å². The van der Waals surface area contributed by atoms with E-state index in [1.165, 1.54) is 10.5 Å². The lowest BCUT2D eigenvalue weighted by Gasteiger charge is -2.26. The number of nitrogen functional groups attached to an aromatic ring is 1. The van der Waals surface area contributed by atoms with Gasteiger partial charge in [0.15, 0.2) is 0 Å². The Morgan fingerprint density at radius 1 is 1.19 bits per heavy atom. The van der Waals surface area contributed by atoms with Gasteiger partial charge in [0.05, 0.1) is 0 Å². The molecule has 0 atom stereocenters. The van der Waals surface area contributed by atoms with Crippen LogP contribution in [0.2, 0.25) is 0 Å². The van der Waals surface area contributed by atoms with Crippen molar-refractivity contribution in [1.82, 2.24) is 9.29 Å². The van der Waals surface area contributed by atoms with Crippen molar-refractivity contribution in [1.29, 1.82) is 0 Å². The number of nitrogens with zero attached hydrogens (tertiary/aromatic N) is 2. The van der Waals surface area contributed by atoms with Crippen molar-refractivity contribution in [2.24, 2.45) is 0 Å². The number of sulfonamides is 1. The normalized spacial score (nSPS) is 12.0. The van der Waals surface area contributed by atoms with Gasteiger partial charge in [-0.2, -0.15) is 4.31 Å². The van der Waals surface area contributed by atoms with E-state index in [9.17, 15) is 8.42 Å². The Morgan fingerprint density at radius 2 is 1.90 bits per heavy atom. The highest BCUT2D eigenvalue weighted by Gasteiger charge is 2.27. The van der Waals surface area contributed by atoms with Crippen molar-refractivity contribution in [3.8, 4) is 0 Å². The summed E-state index contributed by atoms with van der Waals surface area (Å²) in [6.07, 6.45) is 2.91. The van der Waals surface area contributed by atoms with E-state index in [2.05, 4.69) is 4.98 Å². The standard InChI is InChI=1S/C15H19N3O2S/c1-12(2)18(11-13-6-3-4-8-15(13)16)21(19,20)14-7-5-9-17-10-14/h3-10,12H,11,16H2,1-2H3. The molecule has 0 fully saturated rings. The summed E-state index contributed by atoms with van der Waals surface area (Å²) in [5.41, 5.74) is 7.30. The molecule has 1 heterocycles. The van der Waals surface area contributed by atoms with Gasteiger partial charge in [0.2, 0.25) is 10.0 Å². The van der Waals surface area contributed by atoms with Gasteiger partial charge in [-0.05, 0) is 37.6 Å². The predicted octanol–water partition coefficient (Wildman–Crippen LogP) is 2.26. The minimum atomic E-state index is -3.60. The van der Waals surface area contributed by atoms with E-state index in [1.807, 2.05) is 32.0 Å². The van der Waals surface area contributed by atoms with E-state index in [0.29, 0.717) is 5.69 Å². The molecule has 0 aliphatic rings. The number of anilines is 1. The lowest BCUT2D eigenvalue weighted by atomic mass is 10.2. The van der Waals surface area contributed by atoms with E-state index in [4.69, 9.17) is 5.73 Å². The number of aromatic nitrogens is 1. The number of pyridine rings is 1. The second kappa shape index (κ2) is 6.24. The smallest absolute Gasteiger partial charge is 0.245 e. The molecule has 0 aliphatic carbocycles. The lowest BCUT2D eigenvalue weighted by Crippen LogP contribution is -2.36. The minimum Gasteiger partial charge on any atom is -0.398 e. The van der Waals surface area contributed by atoms with Crippen LogP contribution in [0.5, 0.6) is 0 Å². The molecule has 0 bridgehead atoms. The molecular formula is C15H19N3O2S. The SMILES string of the molecule is CC(C)N(Cc1ccccc1N)S(=O)(=O)c1cccnc1. The van der Waals surface area contributed by atoms with Gasteiger partial charge in [-0.1, -0.05) is 18.2 Å². The predicted molar refractivity (Wildman–Crippen MR) is 83.0 cm³/mol. The third-order valence-corrected chi connectivity index (χ3v) is 5.20. The molecule has 6 heteroatoms. The van der Waals surface area contributed by atoms with Crippen LogP contribution >= 0.6 is 0 Å². The molecule has 112 valence electrons. The number of hydrogen-bond donors (Lipinski definition) is 1. The van der Waals surface area contributed by atoms with E-state index in [-0.39, 0.29) is 17.5 Å². The number of para-hydroxylation sites is 1. The van der Waals surface area contributed by atoms with Gasteiger partial charge in [0.1, 0.15) is 4.90 Å². The Labute approximate surface area is 125 Å². The molecule has 2 rings (SSSR count). The molecular weight excluding hydrogens is 286 g/mol. The summed E-state index contributed by atoms with van der Waals surface area (Å²) in [5, 5.41) is 0. The summed E-state index contributed by atoms with van der Waals surface area (Å²) in [4.78, 5) is 4.07. The molecule has 5 nitrogen and oxygen atoms in total. The third kappa shape index (κ3) is 3.40. The zero-order chi connectivity index (χ0) is 15.5. The van der Waals surface area contributed by atoms with Crippen molar-refractivity contribution in [3.63, 3.8) is 0 Å². The summed E-state index contributed by atoms with van der Waals surface area (Å²) in [5.74, 6) is 0. The fourth-order valence-electron chi connectivity index (χ4n) is 2.03. The monoisotopic (exact) mass is 305 g/mol. The zero-order valence-electron chi connectivity index (χ0n) is 12.1. The van der Waals surface area contributed by atoms with E-state index < -0.39 is 10.0 Å². The van der Waals surface area contributed by atoms with Gasteiger partial charge in [0, 0.05) is 30.7 Å². The van der Waals surface area contributed by atoms with Gasteiger partial charge >= 0.3 is 0 Å². The Morgan fingerprint density at radius 3 is 2.48 bits per heavy atom. The topological polar surface area (TPSA) is 76.3 Å². The van der Waals surface area contributed by atoms with Crippen molar-refractivity contribution < 1.29 is 8.42 Å². The molecule has 0 aliphatic heterocycles. The molecule has 0 unspecified atom stereocenters. The summed E-state index contributed by atoms with van der Waals surface area (Å²) >= 11 is 0. The number of benzene rings is 1. The maximum Gasteiger partial charge on any atom is 0.245 e. The van der Waals surface area contributed by atoms with Crippen molar-refractivity contribution in [3.05, 3.63) is 54.4 Å². The average molecular weight is 305 g/mol. The van der Waals surface area contributed by atoms with Gasteiger partial charge in [-0.15, -0.1) is 0 Å². The van der Waals surface area contributed by atoms with Crippen LogP contribution < -0.4 is 5.73 Å². The molecule has 2 N–H and O–H groups in total. The van der Waals surface area contributed by atoms with Gasteiger partial charge in [-0.25, -0.2) is 8.42 Å². The molecule has 0 spiro atoms. The Hall–Kier alpha value is -1.92. The first-order chi connectivity index (χ1) is 9.93. The zero-order valence-corrected chi connectivity index (χ0v) is 12.9. The highest BCUT2D eigenvalue weighted by Crippen LogP contribution is 2.22. The molecule has 1 aromatic heterocycles. The quantitative estimate of drug-likeness (QED) is 0.860. The van der Waals surface area contributed by atoms with Crippen LogP contribution in [0.15, 0.2) is 53.7 Å². The van der Waals surface area contributed by atoms with Crippen LogP contribution in [-0.4, -0.2) is 23.7 Å². The average Bonchev–Trinajstić information content (AvgIpc) is 2.46. The fourth-order valence-corrected chi connectivity index (χ4v) is 3.61. The van der Waals surface area contributed by atoms with Crippen LogP contribution in [-0.2, 0) is 16.6 Å². The van der Waals surface area contributed by atoms with Crippen LogP contribution in [0.1, 0.15) is 19.4 Å². The highest BCUT2D eigenvalue weighted by atomic mass is 32.2. The number of hydrogen-bond acceptors (Lipinski definition) is 4. The third-order valence-electron chi connectivity index (χ3n) is 3.20. The highest BCUT2D eigenvalue weighted by molar-refractivity contribution is 7.89. The molecule has 21 heavy (non-hydrogen) atoms. The van der Waals surface area contributed by atoms with Crippen LogP contribution in [0.25, 0.3) is 0 Å². The van der Waals surface area contributed by atoms with Crippen LogP contribution in [0.3, 0.4) is 0 Å². The minimum absolute atomic E-state index is 0.185. The Bertz CT molecular complexity index is 700. The maximum atomic E-state index is 12.7. The van der Waals surface area contributed by atoms with E-state index in [0.717, 1.165) is 5.56 Å². The second-order valence-corrected chi connectivity index (χ2v) is 6.92. The second-order valence-electron chi connectivity index (χ2n) is 5.03. The molecule has 0 amide bonds. The molecule has 1 aromatic carbocycles. The molecule has 2 aromatic rings. The van der Waals surface area contributed by atoms with Crippen molar-refractivity contribution in [2.75, 3.05) is 5.73 Å². The van der Waals surface area contributed by atoms with E-state index >= 15 is 0 Å². The van der Waals surface area contributed by atoms with E-state index in [1.54, 1.807) is 24.4 Å².